The van der Waals surface area contributed by atoms with Crippen molar-refractivity contribution in [3.63, 3.8) is 0 Å². The third kappa shape index (κ3) is 2.41. The van der Waals surface area contributed by atoms with Crippen LogP contribution < -0.4 is 4.74 Å². The van der Waals surface area contributed by atoms with Gasteiger partial charge in [0.2, 0.25) is 5.88 Å². The maximum absolute atomic E-state index is 13.6. The molecule has 0 radical (unpaired) electrons. The van der Waals surface area contributed by atoms with E-state index >= 15 is 0 Å². The summed E-state index contributed by atoms with van der Waals surface area (Å²) in [6.45, 7) is 0. The summed E-state index contributed by atoms with van der Waals surface area (Å²) in [5.41, 5.74) is -0.156. The summed E-state index contributed by atoms with van der Waals surface area (Å²) < 4.78 is 18.7. The molecule has 0 aliphatic heterocycles. The van der Waals surface area contributed by atoms with Crippen molar-refractivity contribution in [1.29, 1.82) is 0 Å². The van der Waals surface area contributed by atoms with E-state index in [-0.39, 0.29) is 22.2 Å². The topological polar surface area (TPSA) is 59.4 Å². The van der Waals surface area contributed by atoms with Gasteiger partial charge in [-0.15, -0.1) is 0 Å². The highest BCUT2D eigenvalue weighted by Gasteiger charge is 2.15. The van der Waals surface area contributed by atoms with Crippen LogP contribution in [0.2, 0.25) is 5.02 Å². The van der Waals surface area contributed by atoms with Gasteiger partial charge in [-0.2, -0.15) is 0 Å². The van der Waals surface area contributed by atoms with E-state index in [4.69, 9.17) is 21.4 Å². The van der Waals surface area contributed by atoms with Crippen LogP contribution in [0.3, 0.4) is 0 Å². The van der Waals surface area contributed by atoms with Crippen LogP contribution in [0.1, 0.15) is 10.4 Å². The number of aromatic carboxylic acids is 1. The van der Waals surface area contributed by atoms with Crippen LogP contribution in [0.4, 0.5) is 4.39 Å². The monoisotopic (exact) mass is 267 g/mol. The summed E-state index contributed by atoms with van der Waals surface area (Å²) in [4.78, 5) is 14.7. The lowest BCUT2D eigenvalue weighted by Gasteiger charge is -2.08. The summed E-state index contributed by atoms with van der Waals surface area (Å²) in [5, 5.41) is 8.82. The molecular formula is C12H7ClFNO3. The maximum Gasteiger partial charge on any atom is 0.341 e. The van der Waals surface area contributed by atoms with Crippen LogP contribution in [0.15, 0.2) is 36.5 Å². The number of aromatic nitrogens is 1. The zero-order chi connectivity index (χ0) is 13.1. The average molecular weight is 268 g/mol. The Hall–Kier alpha value is -2.14. The van der Waals surface area contributed by atoms with Gasteiger partial charge in [0, 0.05) is 6.20 Å². The normalized spacial score (nSPS) is 10.1. The molecule has 1 aromatic carbocycles. The van der Waals surface area contributed by atoms with Crippen molar-refractivity contribution in [3.05, 3.63) is 52.9 Å². The van der Waals surface area contributed by atoms with Crippen molar-refractivity contribution in [2.45, 2.75) is 0 Å². The molecule has 0 atom stereocenters. The van der Waals surface area contributed by atoms with Crippen LogP contribution in [-0.2, 0) is 0 Å². The van der Waals surface area contributed by atoms with Crippen LogP contribution in [0.5, 0.6) is 11.6 Å². The van der Waals surface area contributed by atoms with Gasteiger partial charge in [-0.05, 0) is 24.3 Å². The van der Waals surface area contributed by atoms with Gasteiger partial charge >= 0.3 is 5.97 Å². The standard InChI is InChI=1S/C12H7ClFNO3/c13-8-4-1-5-9(10(8)14)18-11-7(12(16)17)3-2-6-15-11/h1-6H,(H,16,17). The number of carboxylic acids is 1. The Balaban J connectivity index is 2.40. The number of hydrogen-bond acceptors (Lipinski definition) is 3. The Morgan fingerprint density at radius 2 is 2.11 bits per heavy atom. The summed E-state index contributed by atoms with van der Waals surface area (Å²) in [6, 6.07) is 6.95. The molecule has 0 aliphatic carbocycles. The van der Waals surface area contributed by atoms with Gasteiger partial charge in [0.1, 0.15) is 5.56 Å². The first-order valence-corrected chi connectivity index (χ1v) is 5.27. The summed E-state index contributed by atoms with van der Waals surface area (Å²) in [6.07, 6.45) is 1.35. The predicted molar refractivity (Wildman–Crippen MR) is 62.7 cm³/mol. The number of benzene rings is 1. The fraction of sp³-hybridized carbons (Fsp3) is 0. The van der Waals surface area contributed by atoms with E-state index in [0.717, 1.165) is 0 Å². The summed E-state index contributed by atoms with van der Waals surface area (Å²) >= 11 is 5.59. The van der Waals surface area contributed by atoms with E-state index in [1.54, 1.807) is 0 Å². The second kappa shape index (κ2) is 5.01. The number of rotatable bonds is 3. The highest BCUT2D eigenvalue weighted by Crippen LogP contribution is 2.29. The first kappa shape index (κ1) is 12.3. The molecule has 4 nitrogen and oxygen atoms in total. The predicted octanol–water partition coefficient (Wildman–Crippen LogP) is 3.36. The highest BCUT2D eigenvalue weighted by atomic mass is 35.5. The quantitative estimate of drug-likeness (QED) is 0.926. The van der Waals surface area contributed by atoms with Gasteiger partial charge < -0.3 is 9.84 Å². The van der Waals surface area contributed by atoms with Crippen LogP contribution in [-0.4, -0.2) is 16.1 Å². The lowest BCUT2D eigenvalue weighted by atomic mass is 10.3. The van der Waals surface area contributed by atoms with Crippen LogP contribution >= 0.6 is 11.6 Å². The molecule has 0 amide bonds. The number of hydrogen-bond donors (Lipinski definition) is 1. The smallest absolute Gasteiger partial charge is 0.341 e. The van der Waals surface area contributed by atoms with E-state index in [1.807, 2.05) is 0 Å². The second-order valence-electron chi connectivity index (χ2n) is 3.32. The molecule has 2 aromatic rings. The molecule has 1 N–H and O–H groups in total. The molecule has 1 aromatic heterocycles. The molecule has 6 heteroatoms. The molecule has 0 aliphatic rings. The molecule has 0 saturated carbocycles. The highest BCUT2D eigenvalue weighted by molar-refractivity contribution is 6.30. The van der Waals surface area contributed by atoms with Crippen molar-refractivity contribution < 1.29 is 19.0 Å². The molecular weight excluding hydrogens is 261 g/mol. The van der Waals surface area contributed by atoms with Crippen molar-refractivity contribution in [2.24, 2.45) is 0 Å². The molecule has 1 heterocycles. The molecule has 0 bridgehead atoms. The van der Waals surface area contributed by atoms with Gasteiger partial charge in [-0.3, -0.25) is 0 Å². The Morgan fingerprint density at radius 1 is 1.33 bits per heavy atom. The number of nitrogens with zero attached hydrogens (tertiary/aromatic N) is 1. The molecule has 0 unspecified atom stereocenters. The van der Waals surface area contributed by atoms with Gasteiger partial charge in [0.05, 0.1) is 5.02 Å². The van der Waals surface area contributed by atoms with Gasteiger partial charge in [0.25, 0.3) is 0 Å². The van der Waals surface area contributed by atoms with E-state index in [0.29, 0.717) is 0 Å². The average Bonchev–Trinajstić information content (AvgIpc) is 2.35. The van der Waals surface area contributed by atoms with E-state index in [2.05, 4.69) is 4.98 Å². The van der Waals surface area contributed by atoms with Crippen molar-refractivity contribution in [2.75, 3.05) is 0 Å². The minimum Gasteiger partial charge on any atom is -0.477 e. The zero-order valence-corrected chi connectivity index (χ0v) is 9.69. The lowest BCUT2D eigenvalue weighted by molar-refractivity contribution is 0.0693. The molecule has 0 spiro atoms. The summed E-state index contributed by atoms with van der Waals surface area (Å²) in [7, 11) is 0. The Kier molecular flexibility index (Phi) is 3.43. The number of pyridine rings is 1. The minimum absolute atomic E-state index is 0.111. The fourth-order valence-electron chi connectivity index (χ4n) is 1.30. The van der Waals surface area contributed by atoms with E-state index < -0.39 is 11.8 Å². The Morgan fingerprint density at radius 3 is 2.83 bits per heavy atom. The Labute approximate surface area is 107 Å². The second-order valence-corrected chi connectivity index (χ2v) is 3.72. The SMILES string of the molecule is O=C(O)c1cccnc1Oc1cccc(Cl)c1F. The number of halogens is 2. The first-order chi connectivity index (χ1) is 8.59. The summed E-state index contributed by atoms with van der Waals surface area (Å²) in [5.74, 6) is -2.34. The third-order valence-electron chi connectivity index (χ3n) is 2.12. The first-order valence-electron chi connectivity index (χ1n) is 4.90. The minimum atomic E-state index is -1.21. The number of carboxylic acid groups (broad SMARTS) is 1. The van der Waals surface area contributed by atoms with Gasteiger partial charge in [-0.1, -0.05) is 17.7 Å². The van der Waals surface area contributed by atoms with Crippen molar-refractivity contribution in [3.8, 4) is 11.6 Å². The maximum atomic E-state index is 13.6. The molecule has 0 fully saturated rings. The third-order valence-corrected chi connectivity index (χ3v) is 2.42. The number of ether oxygens (including phenoxy) is 1. The zero-order valence-electron chi connectivity index (χ0n) is 8.93. The van der Waals surface area contributed by atoms with Crippen LogP contribution in [0.25, 0.3) is 0 Å². The van der Waals surface area contributed by atoms with E-state index in [9.17, 15) is 9.18 Å². The van der Waals surface area contributed by atoms with Crippen molar-refractivity contribution >= 4 is 17.6 Å². The molecule has 2 rings (SSSR count). The largest absolute Gasteiger partial charge is 0.477 e. The molecule has 18 heavy (non-hydrogen) atoms. The van der Waals surface area contributed by atoms with Gasteiger partial charge in [0.15, 0.2) is 11.6 Å². The lowest BCUT2D eigenvalue weighted by Crippen LogP contribution is -2.02. The fourth-order valence-corrected chi connectivity index (χ4v) is 1.47. The molecule has 0 saturated heterocycles. The van der Waals surface area contributed by atoms with Crippen molar-refractivity contribution in [1.82, 2.24) is 4.98 Å². The molecule has 92 valence electrons. The van der Waals surface area contributed by atoms with E-state index in [1.165, 1.54) is 36.5 Å². The Bertz CT molecular complexity index is 604. The van der Waals surface area contributed by atoms with Gasteiger partial charge in [-0.25, -0.2) is 14.2 Å². The number of carbonyl (C=O) groups is 1. The van der Waals surface area contributed by atoms with Crippen LogP contribution in [0, 0.1) is 5.82 Å².